The highest BCUT2D eigenvalue weighted by Crippen LogP contribution is 2.30. The maximum absolute atomic E-state index is 13.0. The summed E-state index contributed by atoms with van der Waals surface area (Å²) in [6, 6.07) is 9.86. The highest BCUT2D eigenvalue weighted by molar-refractivity contribution is 6.31. The van der Waals surface area contributed by atoms with Crippen LogP contribution in [0.4, 0.5) is 10.1 Å². The SMILES string of the molecule is COc1ccc(NCc2ccc(F)cc2Cl)cc1OC. The van der Waals surface area contributed by atoms with E-state index in [1.807, 2.05) is 18.2 Å². The van der Waals surface area contributed by atoms with Crippen LogP contribution in [-0.2, 0) is 6.54 Å². The van der Waals surface area contributed by atoms with E-state index in [0.29, 0.717) is 23.1 Å². The molecule has 20 heavy (non-hydrogen) atoms. The Morgan fingerprint density at radius 1 is 1.05 bits per heavy atom. The normalized spacial score (nSPS) is 10.2. The molecule has 0 bridgehead atoms. The summed E-state index contributed by atoms with van der Waals surface area (Å²) in [5.74, 6) is 0.963. The molecular formula is C15H15ClFNO2. The van der Waals surface area contributed by atoms with Crippen LogP contribution in [0.15, 0.2) is 36.4 Å². The number of rotatable bonds is 5. The lowest BCUT2D eigenvalue weighted by atomic mass is 10.2. The number of ether oxygens (including phenoxy) is 2. The van der Waals surface area contributed by atoms with Crippen LogP contribution in [0.2, 0.25) is 5.02 Å². The molecule has 0 heterocycles. The minimum absolute atomic E-state index is 0.343. The average molecular weight is 296 g/mol. The molecule has 0 unspecified atom stereocenters. The minimum atomic E-state index is -0.343. The van der Waals surface area contributed by atoms with Gasteiger partial charge in [-0.05, 0) is 29.8 Å². The Bertz CT molecular complexity index is 604. The molecular weight excluding hydrogens is 281 g/mol. The predicted octanol–water partition coefficient (Wildman–Crippen LogP) is 4.11. The number of hydrogen-bond acceptors (Lipinski definition) is 3. The Morgan fingerprint density at radius 3 is 2.45 bits per heavy atom. The maximum Gasteiger partial charge on any atom is 0.162 e. The zero-order valence-corrected chi connectivity index (χ0v) is 12.0. The van der Waals surface area contributed by atoms with Crippen LogP contribution in [0.3, 0.4) is 0 Å². The van der Waals surface area contributed by atoms with Gasteiger partial charge in [0.1, 0.15) is 5.82 Å². The molecule has 0 atom stereocenters. The average Bonchev–Trinajstić information content (AvgIpc) is 2.46. The second-order valence-corrected chi connectivity index (χ2v) is 4.57. The Labute approximate surface area is 122 Å². The number of benzene rings is 2. The number of halogens is 2. The number of hydrogen-bond donors (Lipinski definition) is 1. The fourth-order valence-corrected chi connectivity index (χ4v) is 2.04. The number of anilines is 1. The van der Waals surface area contributed by atoms with Crippen LogP contribution in [0.1, 0.15) is 5.56 Å². The molecule has 0 aliphatic carbocycles. The first kappa shape index (κ1) is 14.5. The Morgan fingerprint density at radius 2 is 1.80 bits per heavy atom. The van der Waals surface area contributed by atoms with Gasteiger partial charge in [-0.25, -0.2) is 4.39 Å². The number of methoxy groups -OCH3 is 2. The summed E-state index contributed by atoms with van der Waals surface area (Å²) < 4.78 is 23.4. The summed E-state index contributed by atoms with van der Waals surface area (Å²) >= 11 is 5.98. The third kappa shape index (κ3) is 3.33. The fraction of sp³-hybridized carbons (Fsp3) is 0.200. The summed E-state index contributed by atoms with van der Waals surface area (Å²) in [5.41, 5.74) is 1.69. The highest BCUT2D eigenvalue weighted by Gasteiger charge is 2.06. The molecule has 2 aromatic rings. The first-order valence-corrected chi connectivity index (χ1v) is 6.41. The van der Waals surface area contributed by atoms with Crippen LogP contribution in [0, 0.1) is 5.82 Å². The molecule has 0 amide bonds. The molecule has 0 aromatic heterocycles. The summed E-state index contributed by atoms with van der Waals surface area (Å²) in [6.45, 7) is 0.495. The second kappa shape index (κ2) is 6.48. The van der Waals surface area contributed by atoms with Gasteiger partial charge in [0.25, 0.3) is 0 Å². The van der Waals surface area contributed by atoms with Gasteiger partial charge in [-0.2, -0.15) is 0 Å². The first-order valence-electron chi connectivity index (χ1n) is 6.04. The molecule has 0 fully saturated rings. The van der Waals surface area contributed by atoms with Crippen LogP contribution in [0.5, 0.6) is 11.5 Å². The predicted molar refractivity (Wildman–Crippen MR) is 78.3 cm³/mol. The van der Waals surface area contributed by atoms with E-state index < -0.39 is 0 Å². The summed E-state index contributed by atoms with van der Waals surface area (Å²) in [4.78, 5) is 0. The Hall–Kier alpha value is -1.94. The van der Waals surface area contributed by atoms with Crippen LogP contribution in [0.25, 0.3) is 0 Å². The first-order chi connectivity index (χ1) is 9.63. The molecule has 2 rings (SSSR count). The zero-order valence-electron chi connectivity index (χ0n) is 11.2. The molecule has 3 nitrogen and oxygen atoms in total. The number of nitrogens with one attached hydrogen (secondary N) is 1. The Kier molecular flexibility index (Phi) is 4.69. The third-order valence-electron chi connectivity index (χ3n) is 2.88. The zero-order chi connectivity index (χ0) is 14.5. The molecule has 0 aliphatic heterocycles. The van der Waals surface area contributed by atoms with Crippen molar-refractivity contribution < 1.29 is 13.9 Å². The van der Waals surface area contributed by atoms with Gasteiger partial charge in [0, 0.05) is 23.3 Å². The smallest absolute Gasteiger partial charge is 0.162 e. The van der Waals surface area contributed by atoms with E-state index in [9.17, 15) is 4.39 Å². The van der Waals surface area contributed by atoms with Crippen molar-refractivity contribution in [3.05, 3.63) is 52.8 Å². The van der Waals surface area contributed by atoms with Gasteiger partial charge in [0.05, 0.1) is 14.2 Å². The van der Waals surface area contributed by atoms with Gasteiger partial charge in [-0.1, -0.05) is 17.7 Å². The fourth-order valence-electron chi connectivity index (χ4n) is 1.81. The highest BCUT2D eigenvalue weighted by atomic mass is 35.5. The molecule has 0 saturated heterocycles. The van der Waals surface area contributed by atoms with Crippen LogP contribution < -0.4 is 14.8 Å². The third-order valence-corrected chi connectivity index (χ3v) is 3.23. The van der Waals surface area contributed by atoms with Crippen molar-refractivity contribution in [1.29, 1.82) is 0 Å². The minimum Gasteiger partial charge on any atom is -0.493 e. The standard InChI is InChI=1S/C15H15ClFNO2/c1-19-14-6-5-12(8-15(14)20-2)18-9-10-3-4-11(17)7-13(10)16/h3-8,18H,9H2,1-2H3. The molecule has 1 N–H and O–H groups in total. The van der Waals surface area contributed by atoms with Gasteiger partial charge in [0.2, 0.25) is 0 Å². The monoisotopic (exact) mass is 295 g/mol. The van der Waals surface area contributed by atoms with E-state index in [1.54, 1.807) is 20.3 Å². The van der Waals surface area contributed by atoms with E-state index in [2.05, 4.69) is 5.32 Å². The van der Waals surface area contributed by atoms with Gasteiger partial charge < -0.3 is 14.8 Å². The lowest BCUT2D eigenvalue weighted by Gasteiger charge is -2.12. The molecule has 0 radical (unpaired) electrons. The van der Waals surface area contributed by atoms with Crippen LogP contribution >= 0.6 is 11.6 Å². The quantitative estimate of drug-likeness (QED) is 0.900. The largest absolute Gasteiger partial charge is 0.493 e. The van der Waals surface area contributed by atoms with E-state index in [-0.39, 0.29) is 5.82 Å². The summed E-state index contributed by atoms with van der Waals surface area (Å²) in [6.07, 6.45) is 0. The van der Waals surface area contributed by atoms with Gasteiger partial charge >= 0.3 is 0 Å². The van der Waals surface area contributed by atoms with Gasteiger partial charge in [-0.15, -0.1) is 0 Å². The van der Waals surface area contributed by atoms with Crippen molar-refractivity contribution in [2.24, 2.45) is 0 Å². The topological polar surface area (TPSA) is 30.5 Å². The van der Waals surface area contributed by atoms with Crippen LogP contribution in [-0.4, -0.2) is 14.2 Å². The lowest BCUT2D eigenvalue weighted by molar-refractivity contribution is 0.355. The van der Waals surface area contributed by atoms with E-state index in [1.165, 1.54) is 12.1 Å². The van der Waals surface area contributed by atoms with E-state index in [4.69, 9.17) is 21.1 Å². The molecule has 106 valence electrons. The van der Waals surface area contributed by atoms with Crippen molar-refractivity contribution in [3.63, 3.8) is 0 Å². The molecule has 2 aromatic carbocycles. The van der Waals surface area contributed by atoms with Crippen molar-refractivity contribution in [1.82, 2.24) is 0 Å². The molecule has 0 saturated carbocycles. The summed E-state index contributed by atoms with van der Waals surface area (Å²) in [5, 5.41) is 3.61. The van der Waals surface area contributed by atoms with Crippen molar-refractivity contribution >= 4 is 17.3 Å². The molecule has 0 spiro atoms. The van der Waals surface area contributed by atoms with Gasteiger partial charge in [0.15, 0.2) is 11.5 Å². The lowest BCUT2D eigenvalue weighted by Crippen LogP contribution is -2.01. The van der Waals surface area contributed by atoms with Crippen molar-refractivity contribution in [2.75, 3.05) is 19.5 Å². The maximum atomic E-state index is 13.0. The van der Waals surface area contributed by atoms with Gasteiger partial charge in [-0.3, -0.25) is 0 Å². The molecule has 5 heteroatoms. The molecule has 0 aliphatic rings. The van der Waals surface area contributed by atoms with E-state index in [0.717, 1.165) is 11.3 Å². The van der Waals surface area contributed by atoms with Crippen molar-refractivity contribution in [2.45, 2.75) is 6.54 Å². The Balaban J connectivity index is 2.10. The second-order valence-electron chi connectivity index (χ2n) is 4.16. The van der Waals surface area contributed by atoms with E-state index >= 15 is 0 Å². The van der Waals surface area contributed by atoms with Crippen molar-refractivity contribution in [3.8, 4) is 11.5 Å². The summed E-state index contributed by atoms with van der Waals surface area (Å²) in [7, 11) is 3.17.